The molecule has 1 rings (SSSR count). The molecule has 0 unspecified atom stereocenters. The predicted molar refractivity (Wildman–Crippen MR) is 40.9 cm³/mol. The summed E-state index contributed by atoms with van der Waals surface area (Å²) in [7, 11) is 1.75. The van der Waals surface area contributed by atoms with Crippen molar-refractivity contribution in [2.75, 3.05) is 40.0 Å². The Morgan fingerprint density at radius 3 is 3.10 bits per heavy atom. The van der Waals surface area contributed by atoms with Gasteiger partial charge in [-0.05, 0) is 13.0 Å². The van der Waals surface area contributed by atoms with Crippen molar-refractivity contribution >= 4 is 0 Å². The van der Waals surface area contributed by atoms with Crippen LogP contribution in [0.2, 0.25) is 0 Å². The maximum atomic E-state index is 4.98. The van der Waals surface area contributed by atoms with Crippen LogP contribution in [0.4, 0.5) is 0 Å². The highest BCUT2D eigenvalue weighted by atomic mass is 16.5. The lowest BCUT2D eigenvalue weighted by Gasteiger charge is -2.26. The third kappa shape index (κ3) is 2.64. The van der Waals surface area contributed by atoms with E-state index in [2.05, 4.69) is 10.2 Å². The zero-order valence-corrected chi connectivity index (χ0v) is 6.60. The van der Waals surface area contributed by atoms with E-state index >= 15 is 0 Å². The Balaban J connectivity index is 2.02. The lowest BCUT2D eigenvalue weighted by atomic mass is 10.3. The minimum absolute atomic E-state index is 0.849. The predicted octanol–water partition coefficient (Wildman–Crippen LogP) is -0.114. The largest absolute Gasteiger partial charge is 0.383 e. The summed E-state index contributed by atoms with van der Waals surface area (Å²) in [5.41, 5.74) is 0. The van der Waals surface area contributed by atoms with Gasteiger partial charge in [0.2, 0.25) is 0 Å². The normalized spacial score (nSPS) is 21.3. The van der Waals surface area contributed by atoms with Crippen LogP contribution in [0.15, 0.2) is 0 Å². The molecule has 0 aliphatic carbocycles. The number of methoxy groups -OCH3 is 1. The van der Waals surface area contributed by atoms with E-state index in [0.29, 0.717) is 0 Å². The molecule has 0 bridgehead atoms. The highest BCUT2D eigenvalue weighted by Gasteiger charge is 2.07. The fourth-order valence-electron chi connectivity index (χ4n) is 1.16. The summed E-state index contributed by atoms with van der Waals surface area (Å²) in [4.78, 5) is 2.37. The van der Waals surface area contributed by atoms with Gasteiger partial charge in [0.1, 0.15) is 0 Å². The van der Waals surface area contributed by atoms with Gasteiger partial charge in [-0.15, -0.1) is 0 Å². The van der Waals surface area contributed by atoms with Crippen molar-refractivity contribution in [2.24, 2.45) is 0 Å². The Morgan fingerprint density at radius 2 is 2.50 bits per heavy atom. The number of hydrogen-bond acceptors (Lipinski definition) is 3. The first kappa shape index (κ1) is 7.98. The summed E-state index contributed by atoms with van der Waals surface area (Å²) < 4.78 is 4.98. The second kappa shape index (κ2) is 4.66. The number of hydrogen-bond donors (Lipinski definition) is 1. The minimum atomic E-state index is 0.849. The van der Waals surface area contributed by atoms with Gasteiger partial charge in [0.05, 0.1) is 6.61 Å². The van der Waals surface area contributed by atoms with Crippen LogP contribution >= 0.6 is 0 Å². The van der Waals surface area contributed by atoms with Gasteiger partial charge in [0.25, 0.3) is 0 Å². The minimum Gasteiger partial charge on any atom is -0.383 e. The topological polar surface area (TPSA) is 24.5 Å². The number of nitrogens with one attached hydrogen (secondary N) is 1. The van der Waals surface area contributed by atoms with E-state index < -0.39 is 0 Å². The zero-order valence-electron chi connectivity index (χ0n) is 6.60. The van der Waals surface area contributed by atoms with E-state index in [0.717, 1.165) is 19.8 Å². The summed E-state index contributed by atoms with van der Waals surface area (Å²) in [6.45, 7) is 5.33. The highest BCUT2D eigenvalue weighted by molar-refractivity contribution is 4.62. The molecule has 0 aromatic carbocycles. The summed E-state index contributed by atoms with van der Waals surface area (Å²) >= 11 is 0. The second-order valence-corrected chi connectivity index (χ2v) is 2.62. The quantitative estimate of drug-likeness (QED) is 0.598. The van der Waals surface area contributed by atoms with E-state index in [-0.39, 0.29) is 0 Å². The average Bonchev–Trinajstić information content (AvgIpc) is 2.03. The smallest absolute Gasteiger partial charge is 0.0590 e. The van der Waals surface area contributed by atoms with Crippen LogP contribution in [0.25, 0.3) is 0 Å². The molecule has 0 radical (unpaired) electrons. The van der Waals surface area contributed by atoms with Gasteiger partial charge < -0.3 is 10.1 Å². The summed E-state index contributed by atoms with van der Waals surface area (Å²) in [6.07, 6.45) is 1.27. The third-order valence-electron chi connectivity index (χ3n) is 1.77. The highest BCUT2D eigenvalue weighted by Crippen LogP contribution is 1.94. The molecule has 1 fully saturated rings. The van der Waals surface area contributed by atoms with Gasteiger partial charge >= 0.3 is 0 Å². The van der Waals surface area contributed by atoms with Crippen LogP contribution in [-0.4, -0.2) is 44.9 Å². The van der Waals surface area contributed by atoms with Crippen molar-refractivity contribution in [2.45, 2.75) is 6.42 Å². The van der Waals surface area contributed by atoms with Crippen LogP contribution in [0.3, 0.4) is 0 Å². The van der Waals surface area contributed by atoms with Gasteiger partial charge in [-0.1, -0.05) is 0 Å². The Kier molecular flexibility index (Phi) is 3.72. The molecule has 1 heterocycles. The second-order valence-electron chi connectivity index (χ2n) is 2.62. The zero-order chi connectivity index (χ0) is 7.23. The fourth-order valence-corrected chi connectivity index (χ4v) is 1.16. The van der Waals surface area contributed by atoms with Gasteiger partial charge in [0.15, 0.2) is 0 Å². The van der Waals surface area contributed by atoms with Crippen molar-refractivity contribution in [1.82, 2.24) is 10.2 Å². The Bertz CT molecular complexity index is 81.7. The maximum absolute atomic E-state index is 4.98. The molecule has 60 valence electrons. The Hall–Kier alpha value is -0.120. The van der Waals surface area contributed by atoms with Crippen molar-refractivity contribution in [3.63, 3.8) is 0 Å². The van der Waals surface area contributed by atoms with Crippen LogP contribution in [0.1, 0.15) is 6.42 Å². The van der Waals surface area contributed by atoms with Crippen molar-refractivity contribution in [3.05, 3.63) is 0 Å². The number of nitrogens with zero attached hydrogens (tertiary/aromatic N) is 1. The molecule has 1 saturated heterocycles. The molecule has 0 saturated carbocycles. The molecule has 1 aliphatic heterocycles. The summed E-state index contributed by atoms with van der Waals surface area (Å²) in [5, 5.41) is 3.31. The molecular formula is C7H16N2O. The summed E-state index contributed by atoms with van der Waals surface area (Å²) in [6, 6.07) is 0. The van der Waals surface area contributed by atoms with Crippen LogP contribution < -0.4 is 5.32 Å². The monoisotopic (exact) mass is 144 g/mol. The SMILES string of the molecule is COCCN1CCCNC1. The lowest BCUT2D eigenvalue weighted by molar-refractivity contribution is 0.130. The fraction of sp³-hybridized carbons (Fsp3) is 1.00. The average molecular weight is 144 g/mol. The van der Waals surface area contributed by atoms with E-state index in [9.17, 15) is 0 Å². The van der Waals surface area contributed by atoms with Crippen molar-refractivity contribution < 1.29 is 4.74 Å². The molecule has 0 atom stereocenters. The van der Waals surface area contributed by atoms with Gasteiger partial charge in [-0.3, -0.25) is 4.90 Å². The van der Waals surface area contributed by atoms with Crippen LogP contribution in [0.5, 0.6) is 0 Å². The molecule has 10 heavy (non-hydrogen) atoms. The van der Waals surface area contributed by atoms with E-state index in [1.165, 1.54) is 19.5 Å². The first-order valence-electron chi connectivity index (χ1n) is 3.85. The van der Waals surface area contributed by atoms with Crippen molar-refractivity contribution in [3.8, 4) is 0 Å². The molecule has 1 aliphatic rings. The maximum Gasteiger partial charge on any atom is 0.0590 e. The van der Waals surface area contributed by atoms with E-state index in [1.54, 1.807) is 7.11 Å². The van der Waals surface area contributed by atoms with E-state index in [1.807, 2.05) is 0 Å². The van der Waals surface area contributed by atoms with Crippen LogP contribution in [0, 0.1) is 0 Å². The number of rotatable bonds is 3. The molecule has 0 aromatic rings. The Labute approximate surface area is 62.3 Å². The number of ether oxygens (including phenoxy) is 1. The van der Waals surface area contributed by atoms with Gasteiger partial charge in [0, 0.05) is 26.9 Å². The first-order chi connectivity index (χ1) is 4.93. The molecule has 0 amide bonds. The van der Waals surface area contributed by atoms with Crippen LogP contribution in [-0.2, 0) is 4.74 Å². The lowest BCUT2D eigenvalue weighted by Crippen LogP contribution is -2.42. The molecule has 1 N–H and O–H groups in total. The standard InChI is InChI=1S/C7H16N2O/c1-10-6-5-9-4-2-3-8-7-9/h8H,2-7H2,1H3. The van der Waals surface area contributed by atoms with Gasteiger partial charge in [-0.25, -0.2) is 0 Å². The van der Waals surface area contributed by atoms with E-state index in [4.69, 9.17) is 4.74 Å². The molecule has 3 nitrogen and oxygen atoms in total. The molecule has 3 heteroatoms. The molecule has 0 aromatic heterocycles. The summed E-state index contributed by atoms with van der Waals surface area (Å²) in [5.74, 6) is 0. The Morgan fingerprint density at radius 1 is 1.60 bits per heavy atom. The third-order valence-corrected chi connectivity index (χ3v) is 1.77. The molecular weight excluding hydrogens is 128 g/mol. The molecule has 0 spiro atoms. The first-order valence-corrected chi connectivity index (χ1v) is 3.85. The van der Waals surface area contributed by atoms with Crippen molar-refractivity contribution in [1.29, 1.82) is 0 Å². The van der Waals surface area contributed by atoms with Gasteiger partial charge in [-0.2, -0.15) is 0 Å².